The number of aromatic nitrogens is 1. The topological polar surface area (TPSA) is 70.5 Å². The average Bonchev–Trinajstić information content (AvgIpc) is 2.45. The van der Waals surface area contributed by atoms with Gasteiger partial charge < -0.3 is 5.11 Å². The van der Waals surface area contributed by atoms with Crippen LogP contribution < -0.4 is 0 Å². The SMILES string of the molecule is CN(C(C)(C)CO)S(=O)(=O)c1ccc2nc(Cl)ccc2c1. The molecular weight excluding hydrogens is 312 g/mol. The Kier molecular flexibility index (Phi) is 4.26. The first-order valence-electron chi connectivity index (χ1n) is 6.35. The monoisotopic (exact) mass is 328 g/mol. The van der Waals surface area contributed by atoms with Gasteiger partial charge in [0.05, 0.1) is 22.6 Å². The van der Waals surface area contributed by atoms with Gasteiger partial charge in [0, 0.05) is 12.4 Å². The Hall–Kier alpha value is -1.21. The molecule has 1 N–H and O–H groups in total. The van der Waals surface area contributed by atoms with Crippen LogP contribution in [0, 0.1) is 0 Å². The molecule has 0 saturated heterocycles. The Bertz CT molecular complexity index is 775. The highest BCUT2D eigenvalue weighted by Crippen LogP contribution is 2.25. The van der Waals surface area contributed by atoms with Crippen LogP contribution in [0.25, 0.3) is 10.9 Å². The van der Waals surface area contributed by atoms with Gasteiger partial charge in [0.2, 0.25) is 10.0 Å². The molecule has 0 bridgehead atoms. The standard InChI is InChI=1S/C14H17ClN2O3S/c1-14(2,9-18)17(3)21(19,20)11-5-6-12-10(8-11)4-7-13(15)16-12/h4-8,18H,9H2,1-3H3. The number of halogens is 1. The molecule has 0 atom stereocenters. The van der Waals surface area contributed by atoms with E-state index in [0.717, 1.165) is 0 Å². The maximum Gasteiger partial charge on any atom is 0.243 e. The van der Waals surface area contributed by atoms with Gasteiger partial charge in [-0.25, -0.2) is 13.4 Å². The Morgan fingerprint density at radius 1 is 1.29 bits per heavy atom. The van der Waals surface area contributed by atoms with Gasteiger partial charge in [-0.2, -0.15) is 4.31 Å². The maximum absolute atomic E-state index is 12.6. The number of rotatable bonds is 4. The molecule has 0 radical (unpaired) electrons. The van der Waals surface area contributed by atoms with Crippen molar-refractivity contribution in [2.75, 3.05) is 13.7 Å². The highest BCUT2D eigenvalue weighted by Gasteiger charge is 2.33. The summed E-state index contributed by atoms with van der Waals surface area (Å²) in [5, 5.41) is 10.4. The van der Waals surface area contributed by atoms with Crippen molar-refractivity contribution in [2.45, 2.75) is 24.3 Å². The lowest BCUT2D eigenvalue weighted by molar-refractivity contribution is 0.138. The molecule has 1 heterocycles. The molecule has 21 heavy (non-hydrogen) atoms. The first-order chi connectivity index (χ1) is 9.68. The summed E-state index contributed by atoms with van der Waals surface area (Å²) in [6.45, 7) is 3.05. The van der Waals surface area contributed by atoms with Crippen LogP contribution in [0.5, 0.6) is 0 Å². The van der Waals surface area contributed by atoms with Crippen molar-refractivity contribution in [1.82, 2.24) is 9.29 Å². The van der Waals surface area contributed by atoms with Crippen LogP contribution in [-0.2, 0) is 10.0 Å². The van der Waals surface area contributed by atoms with Crippen LogP contribution in [0.2, 0.25) is 5.15 Å². The molecule has 1 aromatic carbocycles. The lowest BCUT2D eigenvalue weighted by Crippen LogP contribution is -2.47. The largest absolute Gasteiger partial charge is 0.394 e. The Labute approximate surface area is 129 Å². The molecule has 1 aromatic heterocycles. The average molecular weight is 329 g/mol. The minimum Gasteiger partial charge on any atom is -0.394 e. The zero-order chi connectivity index (χ0) is 15.8. The van der Waals surface area contributed by atoms with Crippen molar-refractivity contribution in [3.05, 3.63) is 35.5 Å². The number of fused-ring (bicyclic) bond motifs is 1. The third-order valence-electron chi connectivity index (χ3n) is 3.52. The highest BCUT2D eigenvalue weighted by molar-refractivity contribution is 7.89. The summed E-state index contributed by atoms with van der Waals surface area (Å²) in [7, 11) is -2.24. The number of sulfonamides is 1. The molecule has 2 aromatic rings. The van der Waals surface area contributed by atoms with Gasteiger partial charge in [-0.1, -0.05) is 11.6 Å². The van der Waals surface area contributed by atoms with E-state index in [0.29, 0.717) is 16.1 Å². The summed E-state index contributed by atoms with van der Waals surface area (Å²) in [5.41, 5.74) is -0.253. The second kappa shape index (κ2) is 5.53. The molecule has 2 rings (SSSR count). The predicted molar refractivity (Wildman–Crippen MR) is 82.9 cm³/mol. The summed E-state index contributed by atoms with van der Waals surface area (Å²) >= 11 is 5.81. The van der Waals surface area contributed by atoms with E-state index >= 15 is 0 Å². The third kappa shape index (κ3) is 3.03. The summed E-state index contributed by atoms with van der Waals surface area (Å²) in [5.74, 6) is 0. The van der Waals surface area contributed by atoms with E-state index in [1.54, 1.807) is 38.1 Å². The van der Waals surface area contributed by atoms with Crippen LogP contribution in [-0.4, -0.2) is 42.0 Å². The molecule has 0 unspecified atom stereocenters. The first-order valence-corrected chi connectivity index (χ1v) is 8.16. The van der Waals surface area contributed by atoms with Crippen LogP contribution in [0.4, 0.5) is 0 Å². The fourth-order valence-electron chi connectivity index (χ4n) is 1.82. The van der Waals surface area contributed by atoms with Gasteiger partial charge in [0.1, 0.15) is 5.15 Å². The second-order valence-corrected chi connectivity index (χ2v) is 7.79. The van der Waals surface area contributed by atoms with Crippen molar-refractivity contribution < 1.29 is 13.5 Å². The molecule has 0 spiro atoms. The van der Waals surface area contributed by atoms with E-state index in [-0.39, 0.29) is 11.5 Å². The lowest BCUT2D eigenvalue weighted by atomic mass is 10.1. The van der Waals surface area contributed by atoms with Gasteiger partial charge in [0.25, 0.3) is 0 Å². The molecule has 0 aliphatic heterocycles. The van der Waals surface area contributed by atoms with Crippen molar-refractivity contribution in [3.63, 3.8) is 0 Å². The van der Waals surface area contributed by atoms with Crippen LogP contribution in [0.1, 0.15) is 13.8 Å². The van der Waals surface area contributed by atoms with Crippen molar-refractivity contribution in [2.24, 2.45) is 0 Å². The Morgan fingerprint density at radius 2 is 1.95 bits per heavy atom. The summed E-state index contributed by atoms with van der Waals surface area (Å²) in [6, 6.07) is 8.00. The molecule has 0 fully saturated rings. The number of aliphatic hydroxyl groups is 1. The summed E-state index contributed by atoms with van der Waals surface area (Å²) in [6.07, 6.45) is 0. The first kappa shape index (κ1) is 16.2. The van der Waals surface area contributed by atoms with Gasteiger partial charge in [-0.3, -0.25) is 0 Å². The van der Waals surface area contributed by atoms with Crippen LogP contribution in [0.15, 0.2) is 35.2 Å². The fourth-order valence-corrected chi connectivity index (χ4v) is 3.52. The van der Waals surface area contributed by atoms with Gasteiger partial charge >= 0.3 is 0 Å². The number of hydrogen-bond acceptors (Lipinski definition) is 4. The maximum atomic E-state index is 12.6. The molecule has 0 saturated carbocycles. The van der Waals surface area contributed by atoms with Crippen molar-refractivity contribution in [3.8, 4) is 0 Å². The molecule has 0 aliphatic carbocycles. The minimum absolute atomic E-state index is 0.156. The number of hydrogen-bond donors (Lipinski definition) is 1. The van der Waals surface area contributed by atoms with Gasteiger partial charge in [-0.05, 0) is 44.2 Å². The third-order valence-corrected chi connectivity index (χ3v) is 5.80. The zero-order valence-corrected chi connectivity index (χ0v) is 13.6. The van der Waals surface area contributed by atoms with E-state index in [9.17, 15) is 13.5 Å². The molecular formula is C14H17ClN2O3S. The zero-order valence-electron chi connectivity index (χ0n) is 12.0. The fraction of sp³-hybridized carbons (Fsp3) is 0.357. The van der Waals surface area contributed by atoms with Crippen molar-refractivity contribution in [1.29, 1.82) is 0 Å². The van der Waals surface area contributed by atoms with E-state index < -0.39 is 15.6 Å². The van der Waals surface area contributed by atoms with Crippen LogP contribution in [0.3, 0.4) is 0 Å². The molecule has 0 amide bonds. The van der Waals surface area contributed by atoms with E-state index in [1.807, 2.05) is 0 Å². The normalized spacial score (nSPS) is 13.0. The molecule has 7 heteroatoms. The van der Waals surface area contributed by atoms with E-state index in [2.05, 4.69) is 4.98 Å². The quantitative estimate of drug-likeness (QED) is 0.874. The predicted octanol–water partition coefficient (Wildman–Crippen LogP) is 2.28. The lowest BCUT2D eigenvalue weighted by Gasteiger charge is -2.32. The molecule has 5 nitrogen and oxygen atoms in total. The number of aliphatic hydroxyl groups excluding tert-OH is 1. The summed E-state index contributed by atoms with van der Waals surface area (Å²) in [4.78, 5) is 4.28. The number of likely N-dealkylation sites (N-methyl/N-ethyl adjacent to an activating group) is 1. The number of benzene rings is 1. The van der Waals surface area contributed by atoms with Crippen LogP contribution >= 0.6 is 11.6 Å². The second-order valence-electron chi connectivity index (χ2n) is 5.43. The Balaban J connectivity index is 2.53. The van der Waals surface area contributed by atoms with Crippen molar-refractivity contribution >= 4 is 32.5 Å². The van der Waals surface area contributed by atoms with E-state index in [4.69, 9.17) is 11.6 Å². The minimum atomic E-state index is -3.70. The molecule has 0 aliphatic rings. The highest BCUT2D eigenvalue weighted by atomic mass is 35.5. The Morgan fingerprint density at radius 3 is 2.57 bits per heavy atom. The number of pyridine rings is 1. The van der Waals surface area contributed by atoms with E-state index in [1.165, 1.54) is 17.4 Å². The molecule has 114 valence electrons. The number of nitrogens with zero attached hydrogens (tertiary/aromatic N) is 2. The van der Waals surface area contributed by atoms with Gasteiger partial charge in [-0.15, -0.1) is 0 Å². The smallest absolute Gasteiger partial charge is 0.243 e. The summed E-state index contributed by atoms with van der Waals surface area (Å²) < 4.78 is 26.4. The van der Waals surface area contributed by atoms with Gasteiger partial charge in [0.15, 0.2) is 0 Å².